The molecule has 5 aliphatic rings. The van der Waals surface area contributed by atoms with E-state index in [1.165, 1.54) is 4.90 Å². The first-order chi connectivity index (χ1) is 14.1. The second kappa shape index (κ2) is 7.43. The third kappa shape index (κ3) is 3.11. The maximum Gasteiger partial charge on any atom is 0.234 e. The predicted octanol–water partition coefficient (Wildman–Crippen LogP) is 3.33. The number of carbonyl (C=O) groups is 3. The fourth-order valence-corrected chi connectivity index (χ4v) is 5.88. The number of fused-ring (bicyclic) bond motifs is 1. The van der Waals surface area contributed by atoms with Crippen molar-refractivity contribution in [3.8, 4) is 0 Å². The largest absolute Gasteiger partial charge is 0.343 e. The first-order valence-electron chi connectivity index (χ1n) is 11.0. The molecule has 152 valence electrons. The Morgan fingerprint density at radius 2 is 1.48 bits per heavy atom. The van der Waals surface area contributed by atoms with Gasteiger partial charge in [-0.3, -0.25) is 19.3 Å². The molecule has 29 heavy (non-hydrogen) atoms. The average molecular weight is 392 g/mol. The Morgan fingerprint density at radius 3 is 2.03 bits per heavy atom. The summed E-state index contributed by atoms with van der Waals surface area (Å²) in [4.78, 5) is 43.4. The molecule has 3 fully saturated rings. The molecule has 0 unspecified atom stereocenters. The lowest BCUT2D eigenvalue weighted by atomic mass is 9.63. The van der Waals surface area contributed by atoms with E-state index in [-0.39, 0.29) is 47.8 Å². The molecular formula is C24H28N2O3. The first-order valence-corrected chi connectivity index (χ1v) is 11.0. The molecule has 2 saturated heterocycles. The Morgan fingerprint density at radius 1 is 0.897 bits per heavy atom. The van der Waals surface area contributed by atoms with Crippen LogP contribution < -0.4 is 0 Å². The quantitative estimate of drug-likeness (QED) is 0.583. The number of rotatable bonds is 4. The van der Waals surface area contributed by atoms with Crippen molar-refractivity contribution < 1.29 is 14.4 Å². The maximum absolute atomic E-state index is 13.5. The van der Waals surface area contributed by atoms with Gasteiger partial charge in [-0.25, -0.2) is 0 Å². The highest BCUT2D eigenvalue weighted by Crippen LogP contribution is 2.51. The summed E-state index contributed by atoms with van der Waals surface area (Å²) in [5.41, 5.74) is 0.874. The van der Waals surface area contributed by atoms with Crippen LogP contribution in [0.2, 0.25) is 0 Å². The molecule has 0 radical (unpaired) electrons. The lowest BCUT2D eigenvalue weighted by Crippen LogP contribution is -2.41. The van der Waals surface area contributed by atoms with Crippen molar-refractivity contribution >= 4 is 17.7 Å². The van der Waals surface area contributed by atoms with E-state index in [0.29, 0.717) is 0 Å². The van der Waals surface area contributed by atoms with Crippen LogP contribution in [0, 0.1) is 23.7 Å². The molecule has 0 aromatic heterocycles. The molecular weight excluding hydrogens is 364 g/mol. The van der Waals surface area contributed by atoms with Crippen LogP contribution in [0.15, 0.2) is 42.5 Å². The third-order valence-corrected chi connectivity index (χ3v) is 7.37. The zero-order chi connectivity index (χ0) is 20.0. The van der Waals surface area contributed by atoms with Gasteiger partial charge < -0.3 is 4.90 Å². The SMILES string of the molecule is O=C(C[C@H](c1ccccc1)N1C(=O)[C@H]2[C@H](C1=O)[C@H]1C=C[C@H]2CC1)N1CCCCC1. The molecule has 0 spiro atoms. The lowest BCUT2D eigenvalue weighted by Gasteiger charge is -2.38. The van der Waals surface area contributed by atoms with Gasteiger partial charge in [0.1, 0.15) is 0 Å². The van der Waals surface area contributed by atoms with Gasteiger partial charge in [-0.05, 0) is 49.5 Å². The fraction of sp³-hybridized carbons (Fsp3) is 0.542. The highest BCUT2D eigenvalue weighted by molar-refractivity contribution is 6.06. The summed E-state index contributed by atoms with van der Waals surface area (Å²) >= 11 is 0. The molecule has 5 nitrogen and oxygen atoms in total. The smallest absolute Gasteiger partial charge is 0.234 e. The van der Waals surface area contributed by atoms with E-state index in [1.807, 2.05) is 35.2 Å². The number of piperidine rings is 1. The van der Waals surface area contributed by atoms with E-state index in [9.17, 15) is 14.4 Å². The lowest BCUT2D eigenvalue weighted by molar-refractivity contribution is -0.144. The van der Waals surface area contributed by atoms with Crippen molar-refractivity contribution in [3.05, 3.63) is 48.0 Å². The number of hydrogen-bond donors (Lipinski definition) is 0. The fourth-order valence-electron chi connectivity index (χ4n) is 5.88. The Bertz CT molecular complexity index is 811. The third-order valence-electron chi connectivity index (χ3n) is 7.37. The van der Waals surface area contributed by atoms with Crippen LogP contribution in [0.3, 0.4) is 0 Å². The van der Waals surface area contributed by atoms with E-state index in [1.54, 1.807) is 0 Å². The van der Waals surface area contributed by atoms with Crippen LogP contribution >= 0.6 is 0 Å². The van der Waals surface area contributed by atoms with Crippen molar-refractivity contribution in [2.45, 2.75) is 44.6 Å². The first kappa shape index (κ1) is 18.6. The zero-order valence-electron chi connectivity index (χ0n) is 16.7. The van der Waals surface area contributed by atoms with Crippen molar-refractivity contribution in [3.63, 3.8) is 0 Å². The molecule has 1 aromatic carbocycles. The predicted molar refractivity (Wildman–Crippen MR) is 108 cm³/mol. The number of carbonyl (C=O) groups excluding carboxylic acids is 3. The van der Waals surface area contributed by atoms with E-state index in [2.05, 4.69) is 12.2 Å². The van der Waals surface area contributed by atoms with Gasteiger partial charge in [0.25, 0.3) is 0 Å². The molecule has 1 aromatic rings. The summed E-state index contributed by atoms with van der Waals surface area (Å²) in [5.74, 6) is -0.222. The minimum atomic E-state index is -0.504. The van der Waals surface area contributed by atoms with Crippen molar-refractivity contribution in [2.75, 3.05) is 13.1 Å². The maximum atomic E-state index is 13.5. The molecule has 5 heteroatoms. The molecule has 1 saturated carbocycles. The minimum absolute atomic E-state index is 0.0510. The summed E-state index contributed by atoms with van der Waals surface area (Å²) in [6.07, 6.45) is 9.65. The van der Waals surface area contributed by atoms with Crippen molar-refractivity contribution in [2.24, 2.45) is 23.7 Å². The second-order valence-electron chi connectivity index (χ2n) is 8.96. The van der Waals surface area contributed by atoms with Gasteiger partial charge in [-0.2, -0.15) is 0 Å². The summed E-state index contributed by atoms with van der Waals surface area (Å²) in [6, 6.07) is 9.11. The van der Waals surface area contributed by atoms with Crippen molar-refractivity contribution in [1.82, 2.24) is 9.80 Å². The standard InChI is InChI=1S/C24H28N2O3/c27-20(25-13-5-2-6-14-25)15-19(16-7-3-1-4-8-16)26-23(28)21-17-9-10-18(12-11-17)22(21)24(26)29/h1,3-4,7-10,17-19,21-22H,2,5-6,11-15H2/t17-,18-,19+,21+,22+/m0/s1. The van der Waals surface area contributed by atoms with Crippen LogP contribution in [-0.2, 0) is 14.4 Å². The Kier molecular flexibility index (Phi) is 4.76. The topological polar surface area (TPSA) is 57.7 Å². The van der Waals surface area contributed by atoms with Crippen LogP contribution in [0.4, 0.5) is 0 Å². The number of nitrogens with zero attached hydrogens (tertiary/aromatic N) is 2. The van der Waals surface area contributed by atoms with Crippen LogP contribution in [0.1, 0.15) is 50.1 Å². The normalized spacial score (nSPS) is 31.9. The second-order valence-corrected chi connectivity index (χ2v) is 8.96. The van der Waals surface area contributed by atoms with Gasteiger partial charge >= 0.3 is 0 Å². The Balaban J connectivity index is 1.46. The molecule has 0 N–H and O–H groups in total. The number of allylic oxidation sites excluding steroid dienone is 2. The number of benzene rings is 1. The minimum Gasteiger partial charge on any atom is -0.343 e. The number of imide groups is 1. The monoisotopic (exact) mass is 392 g/mol. The highest BCUT2D eigenvalue weighted by Gasteiger charge is 2.58. The Hall–Kier alpha value is -2.43. The summed E-state index contributed by atoms with van der Waals surface area (Å²) in [5, 5.41) is 0. The molecule has 3 aliphatic carbocycles. The van der Waals surface area contributed by atoms with Gasteiger partial charge in [0.15, 0.2) is 0 Å². The number of amides is 3. The number of hydrogen-bond acceptors (Lipinski definition) is 3. The van der Waals surface area contributed by atoms with Crippen molar-refractivity contribution in [1.29, 1.82) is 0 Å². The molecule has 2 bridgehead atoms. The van der Waals surface area contributed by atoms with Gasteiger partial charge in [-0.15, -0.1) is 0 Å². The van der Waals surface area contributed by atoms with E-state index < -0.39 is 6.04 Å². The number of likely N-dealkylation sites (tertiary alicyclic amines) is 2. The zero-order valence-corrected chi connectivity index (χ0v) is 16.7. The summed E-state index contributed by atoms with van der Waals surface area (Å²) < 4.78 is 0. The van der Waals surface area contributed by atoms with Crippen LogP contribution in [0.5, 0.6) is 0 Å². The molecule has 5 atom stereocenters. The summed E-state index contributed by atoms with van der Waals surface area (Å²) in [7, 11) is 0. The average Bonchev–Trinajstić information content (AvgIpc) is 3.06. The summed E-state index contributed by atoms with van der Waals surface area (Å²) in [6.45, 7) is 1.56. The van der Waals surface area contributed by atoms with Gasteiger partial charge in [0.2, 0.25) is 17.7 Å². The van der Waals surface area contributed by atoms with Gasteiger partial charge in [-0.1, -0.05) is 42.5 Å². The molecule has 2 heterocycles. The van der Waals surface area contributed by atoms with Gasteiger partial charge in [0.05, 0.1) is 24.3 Å². The van der Waals surface area contributed by atoms with E-state index >= 15 is 0 Å². The van der Waals surface area contributed by atoms with Crippen LogP contribution in [-0.4, -0.2) is 40.6 Å². The molecule has 2 aliphatic heterocycles. The highest BCUT2D eigenvalue weighted by atomic mass is 16.2. The van der Waals surface area contributed by atoms with E-state index in [0.717, 1.165) is 50.8 Å². The molecule has 6 rings (SSSR count). The van der Waals surface area contributed by atoms with Crippen LogP contribution in [0.25, 0.3) is 0 Å². The molecule has 3 amide bonds. The Labute approximate surface area is 171 Å². The van der Waals surface area contributed by atoms with E-state index in [4.69, 9.17) is 0 Å². The van der Waals surface area contributed by atoms with Gasteiger partial charge in [0, 0.05) is 13.1 Å².